The van der Waals surface area contributed by atoms with Gasteiger partial charge in [-0.05, 0) is 31.2 Å². The monoisotopic (exact) mass is 412 g/mol. The summed E-state index contributed by atoms with van der Waals surface area (Å²) in [6.07, 6.45) is 0. The van der Waals surface area contributed by atoms with Crippen molar-refractivity contribution in [2.45, 2.75) is 13.5 Å². The minimum absolute atomic E-state index is 0.0645. The second kappa shape index (κ2) is 7.84. The number of aryl methyl sites for hydroxylation is 1. The van der Waals surface area contributed by atoms with Crippen LogP contribution in [0.15, 0.2) is 59.1 Å². The Morgan fingerprint density at radius 2 is 1.90 bits per heavy atom. The van der Waals surface area contributed by atoms with Gasteiger partial charge in [0, 0.05) is 5.56 Å². The SMILES string of the molecule is Cc1nn(-c2ccc(F)cc2)c(Cl)c1C(=O)OCc1nc(-c2ccccc2)no1. The quantitative estimate of drug-likeness (QED) is 0.452. The molecular formula is C20H14ClFN4O3. The molecule has 0 saturated carbocycles. The van der Waals surface area contributed by atoms with E-state index >= 15 is 0 Å². The molecule has 0 amide bonds. The molecule has 0 spiro atoms. The Bertz CT molecular complexity index is 1160. The van der Waals surface area contributed by atoms with Crippen molar-refractivity contribution in [1.82, 2.24) is 19.9 Å². The number of halogens is 2. The molecule has 7 nitrogen and oxygen atoms in total. The lowest BCUT2D eigenvalue weighted by molar-refractivity contribution is 0.0429. The van der Waals surface area contributed by atoms with Crippen LogP contribution in [0.4, 0.5) is 4.39 Å². The number of hydrogen-bond donors (Lipinski definition) is 0. The van der Waals surface area contributed by atoms with Gasteiger partial charge in [-0.25, -0.2) is 13.9 Å². The summed E-state index contributed by atoms with van der Waals surface area (Å²) in [5, 5.41) is 8.18. The van der Waals surface area contributed by atoms with Crippen molar-refractivity contribution in [1.29, 1.82) is 0 Å². The fraction of sp³-hybridized carbons (Fsp3) is 0.100. The molecule has 0 atom stereocenters. The molecule has 2 aromatic heterocycles. The van der Waals surface area contributed by atoms with Gasteiger partial charge < -0.3 is 9.26 Å². The summed E-state index contributed by atoms with van der Waals surface area (Å²) >= 11 is 6.32. The van der Waals surface area contributed by atoms with Gasteiger partial charge in [0.1, 0.15) is 16.5 Å². The zero-order chi connectivity index (χ0) is 20.4. The van der Waals surface area contributed by atoms with Crippen molar-refractivity contribution in [2.24, 2.45) is 0 Å². The van der Waals surface area contributed by atoms with E-state index in [1.807, 2.05) is 30.3 Å². The highest BCUT2D eigenvalue weighted by Crippen LogP contribution is 2.25. The van der Waals surface area contributed by atoms with Gasteiger partial charge in [0.2, 0.25) is 5.82 Å². The van der Waals surface area contributed by atoms with E-state index < -0.39 is 5.97 Å². The second-order valence-electron chi connectivity index (χ2n) is 6.09. The summed E-state index contributed by atoms with van der Waals surface area (Å²) in [4.78, 5) is 16.7. The molecule has 0 fully saturated rings. The number of benzene rings is 2. The third-order valence-electron chi connectivity index (χ3n) is 4.11. The third kappa shape index (κ3) is 3.88. The van der Waals surface area contributed by atoms with E-state index in [1.54, 1.807) is 6.92 Å². The Morgan fingerprint density at radius 3 is 2.62 bits per heavy atom. The number of esters is 1. The number of nitrogens with zero attached hydrogens (tertiary/aromatic N) is 4. The number of hydrogen-bond acceptors (Lipinski definition) is 6. The van der Waals surface area contributed by atoms with Gasteiger partial charge in [0.15, 0.2) is 6.61 Å². The van der Waals surface area contributed by atoms with Crippen LogP contribution >= 0.6 is 11.6 Å². The van der Waals surface area contributed by atoms with E-state index in [9.17, 15) is 9.18 Å². The molecule has 0 unspecified atom stereocenters. The first-order valence-electron chi connectivity index (χ1n) is 8.59. The van der Waals surface area contributed by atoms with Crippen molar-refractivity contribution in [3.05, 3.63) is 82.7 Å². The topological polar surface area (TPSA) is 83.0 Å². The molecule has 2 aromatic carbocycles. The molecular weight excluding hydrogens is 399 g/mol. The summed E-state index contributed by atoms with van der Waals surface area (Å²) < 4.78 is 24.9. The van der Waals surface area contributed by atoms with E-state index in [2.05, 4.69) is 15.2 Å². The number of carbonyl (C=O) groups is 1. The van der Waals surface area contributed by atoms with E-state index in [-0.39, 0.29) is 29.0 Å². The largest absolute Gasteiger partial charge is 0.452 e. The van der Waals surface area contributed by atoms with E-state index in [1.165, 1.54) is 28.9 Å². The summed E-state index contributed by atoms with van der Waals surface area (Å²) in [5.74, 6) is -0.518. The standard InChI is InChI=1S/C20H14ClFN4O3/c1-12-17(18(21)26(24-12)15-9-7-14(22)8-10-15)20(27)28-11-16-23-19(25-29-16)13-5-3-2-4-6-13/h2-10H,11H2,1H3. The predicted molar refractivity (Wildman–Crippen MR) is 102 cm³/mol. The zero-order valence-corrected chi connectivity index (χ0v) is 15.9. The Balaban J connectivity index is 1.49. The number of rotatable bonds is 5. The summed E-state index contributed by atoms with van der Waals surface area (Å²) in [6.45, 7) is 1.42. The molecule has 0 saturated heterocycles. The Hall–Kier alpha value is -3.52. The van der Waals surface area contributed by atoms with Crippen molar-refractivity contribution in [3.63, 3.8) is 0 Å². The molecule has 0 radical (unpaired) electrons. The maximum Gasteiger partial charge on any atom is 0.343 e. The molecule has 0 aliphatic carbocycles. The predicted octanol–water partition coefficient (Wildman–Crippen LogP) is 4.38. The first-order chi connectivity index (χ1) is 14.0. The number of ether oxygens (including phenoxy) is 1. The van der Waals surface area contributed by atoms with Gasteiger partial charge >= 0.3 is 5.97 Å². The highest BCUT2D eigenvalue weighted by Gasteiger charge is 2.23. The maximum atomic E-state index is 13.1. The molecule has 0 bridgehead atoms. The lowest BCUT2D eigenvalue weighted by atomic mass is 10.2. The molecule has 146 valence electrons. The van der Waals surface area contributed by atoms with Crippen LogP contribution in [0.3, 0.4) is 0 Å². The van der Waals surface area contributed by atoms with Gasteiger partial charge in [-0.1, -0.05) is 47.1 Å². The highest BCUT2D eigenvalue weighted by atomic mass is 35.5. The van der Waals surface area contributed by atoms with Crippen LogP contribution in [0, 0.1) is 12.7 Å². The van der Waals surface area contributed by atoms with Crippen molar-refractivity contribution < 1.29 is 18.4 Å². The van der Waals surface area contributed by atoms with Crippen molar-refractivity contribution >= 4 is 17.6 Å². The third-order valence-corrected chi connectivity index (χ3v) is 4.46. The fourth-order valence-corrected chi connectivity index (χ4v) is 3.05. The highest BCUT2D eigenvalue weighted by molar-refractivity contribution is 6.33. The molecule has 4 aromatic rings. The summed E-state index contributed by atoms with van der Waals surface area (Å²) in [5.41, 5.74) is 1.79. The molecule has 29 heavy (non-hydrogen) atoms. The summed E-state index contributed by atoms with van der Waals surface area (Å²) in [7, 11) is 0. The van der Waals surface area contributed by atoms with Gasteiger partial charge in [-0.2, -0.15) is 10.1 Å². The van der Waals surface area contributed by atoms with Gasteiger partial charge in [0.05, 0.1) is 11.4 Å². The number of carbonyl (C=O) groups excluding carboxylic acids is 1. The normalized spacial score (nSPS) is 10.9. The van der Waals surface area contributed by atoms with Gasteiger partial charge in [-0.3, -0.25) is 0 Å². The van der Waals surface area contributed by atoms with Crippen molar-refractivity contribution in [2.75, 3.05) is 0 Å². The molecule has 9 heteroatoms. The van der Waals surface area contributed by atoms with Crippen LogP contribution in [-0.2, 0) is 11.3 Å². The molecule has 4 rings (SSSR count). The summed E-state index contributed by atoms with van der Waals surface area (Å²) in [6, 6.07) is 14.8. The lowest BCUT2D eigenvalue weighted by Crippen LogP contribution is -2.07. The molecule has 0 aliphatic rings. The molecule has 0 N–H and O–H groups in total. The fourth-order valence-electron chi connectivity index (χ4n) is 2.70. The van der Waals surface area contributed by atoms with E-state index in [0.29, 0.717) is 17.2 Å². The average Bonchev–Trinajstić information content (AvgIpc) is 3.32. The number of aromatic nitrogens is 4. The van der Waals surface area contributed by atoms with Crippen LogP contribution in [-0.4, -0.2) is 25.9 Å². The van der Waals surface area contributed by atoms with Crippen LogP contribution in [0.5, 0.6) is 0 Å². The Labute approximate surface area is 169 Å². The molecule has 0 aliphatic heterocycles. The second-order valence-corrected chi connectivity index (χ2v) is 6.45. The first-order valence-corrected chi connectivity index (χ1v) is 8.97. The van der Waals surface area contributed by atoms with E-state index in [0.717, 1.165) is 5.56 Å². The zero-order valence-electron chi connectivity index (χ0n) is 15.2. The van der Waals surface area contributed by atoms with Crippen molar-refractivity contribution in [3.8, 4) is 17.1 Å². The first kappa shape index (κ1) is 18.8. The van der Waals surface area contributed by atoms with Crippen LogP contribution in [0.2, 0.25) is 5.15 Å². The van der Waals surface area contributed by atoms with E-state index in [4.69, 9.17) is 20.9 Å². The van der Waals surface area contributed by atoms with Gasteiger partial charge in [0.25, 0.3) is 5.89 Å². The molecule has 2 heterocycles. The van der Waals surface area contributed by atoms with Crippen LogP contribution in [0.1, 0.15) is 21.9 Å². The minimum atomic E-state index is -0.680. The van der Waals surface area contributed by atoms with Crippen LogP contribution in [0.25, 0.3) is 17.1 Å². The maximum absolute atomic E-state index is 13.1. The lowest BCUT2D eigenvalue weighted by Gasteiger charge is -2.04. The van der Waals surface area contributed by atoms with Crippen LogP contribution < -0.4 is 0 Å². The Morgan fingerprint density at radius 1 is 1.17 bits per heavy atom. The average molecular weight is 413 g/mol. The van der Waals surface area contributed by atoms with Gasteiger partial charge in [-0.15, -0.1) is 0 Å². The smallest absolute Gasteiger partial charge is 0.343 e. The Kier molecular flexibility index (Phi) is 5.09. The minimum Gasteiger partial charge on any atom is -0.452 e.